The number of nitrogens with one attached hydrogen (secondary N) is 2. The monoisotopic (exact) mass is 366 g/mol. The maximum Gasteiger partial charge on any atom is 0.160 e. The van der Waals surface area contributed by atoms with Gasteiger partial charge in [0.15, 0.2) is 11.6 Å². The molecule has 2 aromatic carbocycles. The molecule has 0 aliphatic heterocycles. The fourth-order valence-electron chi connectivity index (χ4n) is 1.99. The molecule has 0 radical (unpaired) electrons. The van der Waals surface area contributed by atoms with Crippen LogP contribution in [0.4, 0.5) is 26.0 Å². The first-order chi connectivity index (χ1) is 10.6. The minimum absolute atomic E-state index is 0.125. The molecular weight excluding hydrogens is 358 g/mol. The number of anilines is 3. The van der Waals surface area contributed by atoms with Gasteiger partial charge in [-0.15, -0.1) is 0 Å². The topological polar surface area (TPSA) is 70.1 Å². The lowest BCUT2D eigenvalue weighted by molar-refractivity contribution is 0.384. The van der Waals surface area contributed by atoms with Crippen molar-refractivity contribution in [2.45, 2.75) is 0 Å². The molecule has 22 heavy (non-hydrogen) atoms. The molecule has 3 N–H and O–H groups in total. The second kappa shape index (κ2) is 5.82. The number of fused-ring (bicyclic) bond motifs is 1. The Balaban J connectivity index is 2.12. The molecule has 0 atom stereocenters. The van der Waals surface area contributed by atoms with Crippen molar-refractivity contribution in [2.24, 2.45) is 0 Å². The van der Waals surface area contributed by atoms with Crippen molar-refractivity contribution in [2.75, 3.05) is 10.8 Å². The van der Waals surface area contributed by atoms with E-state index in [0.717, 1.165) is 6.07 Å². The Morgan fingerprint density at radius 3 is 2.68 bits per heavy atom. The van der Waals surface area contributed by atoms with Crippen LogP contribution in [0.3, 0.4) is 0 Å². The summed E-state index contributed by atoms with van der Waals surface area (Å²) in [5.74, 6) is -0.844. The number of halogens is 3. The first-order valence-electron chi connectivity index (χ1n) is 6.15. The Morgan fingerprint density at radius 2 is 1.91 bits per heavy atom. The van der Waals surface area contributed by atoms with Crippen LogP contribution in [-0.4, -0.2) is 15.2 Å². The summed E-state index contributed by atoms with van der Waals surface area (Å²) in [6.45, 7) is 0. The van der Waals surface area contributed by atoms with Gasteiger partial charge in [0.1, 0.15) is 12.1 Å². The van der Waals surface area contributed by atoms with Gasteiger partial charge in [0, 0.05) is 11.5 Å². The molecule has 0 bridgehead atoms. The van der Waals surface area contributed by atoms with Crippen molar-refractivity contribution in [3.8, 4) is 0 Å². The van der Waals surface area contributed by atoms with Crippen LogP contribution in [-0.2, 0) is 0 Å². The lowest BCUT2D eigenvalue weighted by Crippen LogP contribution is -2.00. The first kappa shape index (κ1) is 14.6. The number of hydrogen-bond donors (Lipinski definition) is 3. The van der Waals surface area contributed by atoms with Gasteiger partial charge in [0.05, 0.1) is 21.4 Å². The third-order valence-corrected chi connectivity index (χ3v) is 3.66. The highest BCUT2D eigenvalue weighted by Crippen LogP contribution is 2.30. The molecule has 112 valence electrons. The van der Waals surface area contributed by atoms with Crippen LogP contribution >= 0.6 is 15.9 Å². The minimum Gasteiger partial charge on any atom is -0.337 e. The predicted molar refractivity (Wildman–Crippen MR) is 82.3 cm³/mol. The number of benzene rings is 2. The van der Waals surface area contributed by atoms with Crippen molar-refractivity contribution < 1.29 is 14.0 Å². The van der Waals surface area contributed by atoms with E-state index in [4.69, 9.17) is 5.21 Å². The van der Waals surface area contributed by atoms with Crippen molar-refractivity contribution >= 4 is 44.0 Å². The van der Waals surface area contributed by atoms with Crippen LogP contribution in [0.1, 0.15) is 0 Å². The van der Waals surface area contributed by atoms with Crippen LogP contribution in [0, 0.1) is 11.6 Å². The molecule has 1 heterocycles. The molecule has 0 saturated carbocycles. The third kappa shape index (κ3) is 2.58. The predicted octanol–water partition coefficient (Wildman–Crippen LogP) is 4.22. The van der Waals surface area contributed by atoms with Gasteiger partial charge in [-0.1, -0.05) is 6.07 Å². The standard InChI is InChI=1S/C14H9BrF2N4O/c15-8-2-1-3-10(13(8)17)20-14-7-4-12(21-22)9(16)5-11(7)18-6-19-14/h1-6,21-22H,(H,18,19,20). The molecule has 0 aliphatic rings. The normalized spacial score (nSPS) is 10.7. The molecule has 0 amide bonds. The smallest absolute Gasteiger partial charge is 0.160 e. The van der Waals surface area contributed by atoms with E-state index >= 15 is 0 Å². The van der Waals surface area contributed by atoms with Crippen molar-refractivity contribution in [3.05, 3.63) is 52.8 Å². The molecule has 3 rings (SSSR count). The summed E-state index contributed by atoms with van der Waals surface area (Å²) in [5, 5.41) is 12.2. The van der Waals surface area contributed by atoms with E-state index in [9.17, 15) is 8.78 Å². The van der Waals surface area contributed by atoms with Gasteiger partial charge < -0.3 is 5.32 Å². The van der Waals surface area contributed by atoms with Gasteiger partial charge in [-0.2, -0.15) is 0 Å². The zero-order valence-electron chi connectivity index (χ0n) is 10.9. The lowest BCUT2D eigenvalue weighted by atomic mass is 10.2. The highest BCUT2D eigenvalue weighted by molar-refractivity contribution is 9.10. The third-order valence-electron chi connectivity index (χ3n) is 3.05. The molecule has 0 fully saturated rings. The SMILES string of the molecule is ONc1cc2c(Nc3cccc(Br)c3F)ncnc2cc1F. The van der Waals surface area contributed by atoms with Crippen molar-refractivity contribution in [1.29, 1.82) is 0 Å². The second-order valence-corrected chi connectivity index (χ2v) is 5.26. The van der Waals surface area contributed by atoms with Gasteiger partial charge in [-0.25, -0.2) is 18.7 Å². The largest absolute Gasteiger partial charge is 0.337 e. The Morgan fingerprint density at radius 1 is 1.09 bits per heavy atom. The summed E-state index contributed by atoms with van der Waals surface area (Å²) < 4.78 is 28.0. The molecule has 0 saturated heterocycles. The average Bonchev–Trinajstić information content (AvgIpc) is 2.51. The van der Waals surface area contributed by atoms with Crippen LogP contribution < -0.4 is 10.8 Å². The summed E-state index contributed by atoms with van der Waals surface area (Å²) in [7, 11) is 0. The van der Waals surface area contributed by atoms with E-state index in [-0.39, 0.29) is 11.4 Å². The number of rotatable bonds is 3. The summed E-state index contributed by atoms with van der Waals surface area (Å²) in [6.07, 6.45) is 1.24. The summed E-state index contributed by atoms with van der Waals surface area (Å²) in [4.78, 5) is 8.00. The molecule has 5 nitrogen and oxygen atoms in total. The first-order valence-corrected chi connectivity index (χ1v) is 6.95. The Labute approximate surface area is 132 Å². The zero-order chi connectivity index (χ0) is 15.7. The van der Waals surface area contributed by atoms with E-state index < -0.39 is 11.6 Å². The van der Waals surface area contributed by atoms with Crippen LogP contribution in [0.15, 0.2) is 41.1 Å². The summed E-state index contributed by atoms with van der Waals surface area (Å²) in [5.41, 5.74) is 2.16. The fourth-order valence-corrected chi connectivity index (χ4v) is 2.36. The van der Waals surface area contributed by atoms with E-state index in [1.54, 1.807) is 23.7 Å². The van der Waals surface area contributed by atoms with Crippen LogP contribution in [0.5, 0.6) is 0 Å². The molecule has 1 aromatic heterocycles. The van der Waals surface area contributed by atoms with Gasteiger partial charge in [0.2, 0.25) is 0 Å². The molecular formula is C14H9BrF2N4O. The maximum absolute atomic E-state index is 14.0. The molecule has 3 aromatic rings. The second-order valence-electron chi connectivity index (χ2n) is 4.41. The number of nitrogens with zero attached hydrogens (tertiary/aromatic N) is 2. The fraction of sp³-hybridized carbons (Fsp3) is 0. The highest BCUT2D eigenvalue weighted by atomic mass is 79.9. The quantitative estimate of drug-likeness (QED) is 0.605. The number of hydrogen-bond acceptors (Lipinski definition) is 5. The lowest BCUT2D eigenvalue weighted by Gasteiger charge is -2.11. The molecule has 0 aliphatic carbocycles. The van der Waals surface area contributed by atoms with Gasteiger partial charge in [0.25, 0.3) is 0 Å². The van der Waals surface area contributed by atoms with Gasteiger partial charge in [-0.05, 0) is 34.1 Å². The Bertz CT molecular complexity index is 860. The minimum atomic E-state index is -0.659. The van der Waals surface area contributed by atoms with E-state index in [0.29, 0.717) is 21.2 Å². The van der Waals surface area contributed by atoms with Gasteiger partial charge in [-0.3, -0.25) is 10.7 Å². The Hall–Kier alpha value is -2.32. The molecule has 8 heteroatoms. The maximum atomic E-state index is 14.0. The van der Waals surface area contributed by atoms with Crippen LogP contribution in [0.2, 0.25) is 0 Å². The summed E-state index contributed by atoms with van der Waals surface area (Å²) in [6, 6.07) is 7.27. The van der Waals surface area contributed by atoms with E-state index in [1.807, 2.05) is 0 Å². The molecule has 0 spiro atoms. The van der Waals surface area contributed by atoms with Crippen molar-refractivity contribution in [1.82, 2.24) is 9.97 Å². The summed E-state index contributed by atoms with van der Waals surface area (Å²) >= 11 is 3.10. The van der Waals surface area contributed by atoms with Crippen molar-refractivity contribution in [3.63, 3.8) is 0 Å². The Kier molecular flexibility index (Phi) is 3.86. The highest BCUT2D eigenvalue weighted by Gasteiger charge is 2.12. The average molecular weight is 367 g/mol. The molecule has 0 unspecified atom stereocenters. The van der Waals surface area contributed by atoms with E-state index in [1.165, 1.54) is 12.4 Å². The van der Waals surface area contributed by atoms with E-state index in [2.05, 4.69) is 31.2 Å². The number of aromatic nitrogens is 2. The zero-order valence-corrected chi connectivity index (χ0v) is 12.5. The van der Waals surface area contributed by atoms with Crippen LogP contribution in [0.25, 0.3) is 10.9 Å². The van der Waals surface area contributed by atoms with Gasteiger partial charge >= 0.3 is 0 Å².